The van der Waals surface area contributed by atoms with Crippen molar-refractivity contribution >= 4 is 11.9 Å². The highest BCUT2D eigenvalue weighted by Gasteiger charge is 2.28. The molecule has 2 aromatic rings. The van der Waals surface area contributed by atoms with Gasteiger partial charge in [-0.1, -0.05) is 37.3 Å². The molecule has 1 aliphatic rings. The predicted octanol–water partition coefficient (Wildman–Crippen LogP) is 3.58. The van der Waals surface area contributed by atoms with E-state index < -0.39 is 5.97 Å². The first-order valence-corrected chi connectivity index (χ1v) is 8.30. The number of aryl methyl sites for hydroxylation is 1. The lowest BCUT2D eigenvalue weighted by molar-refractivity contribution is 0.0696. The van der Waals surface area contributed by atoms with Crippen molar-refractivity contribution in [2.75, 3.05) is 13.1 Å². The van der Waals surface area contributed by atoms with Crippen LogP contribution in [0, 0.1) is 0 Å². The molecule has 0 aliphatic carbocycles. The quantitative estimate of drug-likeness (QED) is 0.935. The summed E-state index contributed by atoms with van der Waals surface area (Å²) < 4.78 is 0. The van der Waals surface area contributed by atoms with Crippen molar-refractivity contribution in [1.29, 1.82) is 0 Å². The molecular formula is C20H21NO3. The summed E-state index contributed by atoms with van der Waals surface area (Å²) in [6, 6.07) is 14.8. The predicted molar refractivity (Wildman–Crippen MR) is 92.5 cm³/mol. The Kier molecular flexibility index (Phi) is 4.65. The lowest BCUT2D eigenvalue weighted by Crippen LogP contribution is -2.29. The Morgan fingerprint density at radius 1 is 1.12 bits per heavy atom. The summed E-state index contributed by atoms with van der Waals surface area (Å²) in [6.07, 6.45) is 1.75. The van der Waals surface area contributed by atoms with Gasteiger partial charge in [0.05, 0.1) is 5.56 Å². The van der Waals surface area contributed by atoms with Gasteiger partial charge >= 0.3 is 5.97 Å². The molecule has 124 valence electrons. The zero-order valence-corrected chi connectivity index (χ0v) is 13.7. The van der Waals surface area contributed by atoms with Crippen molar-refractivity contribution in [3.8, 4) is 0 Å². The molecule has 0 saturated carbocycles. The largest absolute Gasteiger partial charge is 0.478 e. The van der Waals surface area contributed by atoms with E-state index in [-0.39, 0.29) is 11.8 Å². The van der Waals surface area contributed by atoms with Crippen LogP contribution in [-0.4, -0.2) is 35.0 Å². The third-order valence-corrected chi connectivity index (χ3v) is 4.73. The average Bonchev–Trinajstić information content (AvgIpc) is 3.11. The molecule has 24 heavy (non-hydrogen) atoms. The SMILES string of the molecule is CCc1ccccc1C(=O)N1CC[C@H](c2ccc(C(=O)O)cc2)C1. The van der Waals surface area contributed by atoms with Crippen molar-refractivity contribution < 1.29 is 14.7 Å². The van der Waals surface area contributed by atoms with Crippen molar-refractivity contribution in [3.05, 3.63) is 70.8 Å². The Morgan fingerprint density at radius 2 is 1.83 bits per heavy atom. The molecule has 3 rings (SSSR count). The standard InChI is InChI=1S/C20H21NO3/c1-2-14-5-3-4-6-18(14)19(22)21-12-11-17(13-21)15-7-9-16(10-8-15)20(23)24/h3-10,17H,2,11-13H2,1H3,(H,23,24)/t17-/m0/s1. The lowest BCUT2D eigenvalue weighted by atomic mass is 9.97. The summed E-state index contributed by atoms with van der Waals surface area (Å²) >= 11 is 0. The molecule has 0 spiro atoms. The van der Waals surface area contributed by atoms with Gasteiger partial charge in [-0.05, 0) is 42.2 Å². The Hall–Kier alpha value is -2.62. The minimum absolute atomic E-state index is 0.0945. The zero-order valence-electron chi connectivity index (χ0n) is 13.7. The number of carbonyl (C=O) groups excluding carboxylic acids is 1. The first-order chi connectivity index (χ1) is 11.6. The van der Waals surface area contributed by atoms with Crippen LogP contribution < -0.4 is 0 Å². The van der Waals surface area contributed by atoms with Crippen LogP contribution in [0.15, 0.2) is 48.5 Å². The van der Waals surface area contributed by atoms with Gasteiger partial charge in [-0.2, -0.15) is 0 Å². The Balaban J connectivity index is 1.73. The Morgan fingerprint density at radius 3 is 2.50 bits per heavy atom. The summed E-state index contributed by atoms with van der Waals surface area (Å²) in [4.78, 5) is 25.6. The van der Waals surface area contributed by atoms with Crippen LogP contribution >= 0.6 is 0 Å². The highest BCUT2D eigenvalue weighted by Crippen LogP contribution is 2.29. The van der Waals surface area contributed by atoms with Gasteiger partial charge in [-0.25, -0.2) is 4.79 Å². The lowest BCUT2D eigenvalue weighted by Gasteiger charge is -2.18. The van der Waals surface area contributed by atoms with Crippen LogP contribution in [0.1, 0.15) is 51.1 Å². The molecule has 1 atom stereocenters. The maximum Gasteiger partial charge on any atom is 0.335 e. The summed E-state index contributed by atoms with van der Waals surface area (Å²) in [7, 11) is 0. The number of benzene rings is 2. The fourth-order valence-electron chi connectivity index (χ4n) is 3.32. The minimum Gasteiger partial charge on any atom is -0.478 e. The molecule has 0 aromatic heterocycles. The van der Waals surface area contributed by atoms with E-state index in [4.69, 9.17) is 5.11 Å². The topological polar surface area (TPSA) is 57.6 Å². The van der Waals surface area contributed by atoms with E-state index in [9.17, 15) is 9.59 Å². The third-order valence-electron chi connectivity index (χ3n) is 4.73. The third kappa shape index (κ3) is 3.18. The van der Waals surface area contributed by atoms with Crippen LogP contribution in [0.2, 0.25) is 0 Å². The van der Waals surface area contributed by atoms with E-state index in [2.05, 4.69) is 6.92 Å². The van der Waals surface area contributed by atoms with Crippen LogP contribution in [0.25, 0.3) is 0 Å². The van der Waals surface area contributed by atoms with Crippen LogP contribution in [0.4, 0.5) is 0 Å². The van der Waals surface area contributed by atoms with Gasteiger partial charge in [0.2, 0.25) is 0 Å². The number of aromatic carboxylic acids is 1. The van der Waals surface area contributed by atoms with Gasteiger partial charge in [0.15, 0.2) is 0 Å². The fraction of sp³-hybridized carbons (Fsp3) is 0.300. The smallest absolute Gasteiger partial charge is 0.335 e. The van der Waals surface area contributed by atoms with E-state index in [0.29, 0.717) is 12.1 Å². The van der Waals surface area contributed by atoms with Gasteiger partial charge in [0, 0.05) is 24.6 Å². The molecule has 0 bridgehead atoms. The number of nitrogens with zero attached hydrogens (tertiary/aromatic N) is 1. The maximum atomic E-state index is 12.8. The second kappa shape index (κ2) is 6.87. The summed E-state index contributed by atoms with van der Waals surface area (Å²) in [5.41, 5.74) is 3.26. The maximum absolute atomic E-state index is 12.8. The normalized spacial score (nSPS) is 17.0. The van der Waals surface area contributed by atoms with E-state index >= 15 is 0 Å². The highest BCUT2D eigenvalue weighted by molar-refractivity contribution is 5.96. The second-order valence-electron chi connectivity index (χ2n) is 6.17. The fourth-order valence-corrected chi connectivity index (χ4v) is 3.32. The molecule has 1 saturated heterocycles. The van der Waals surface area contributed by atoms with Gasteiger partial charge in [0.25, 0.3) is 5.91 Å². The summed E-state index contributed by atoms with van der Waals surface area (Å²) in [6.45, 7) is 3.48. The monoisotopic (exact) mass is 323 g/mol. The molecule has 4 nitrogen and oxygen atoms in total. The molecule has 1 N–H and O–H groups in total. The number of carboxylic acids is 1. The van der Waals surface area contributed by atoms with E-state index in [1.807, 2.05) is 41.3 Å². The molecule has 1 fully saturated rings. The molecule has 0 radical (unpaired) electrons. The molecular weight excluding hydrogens is 302 g/mol. The van der Waals surface area contributed by atoms with Crippen molar-refractivity contribution in [1.82, 2.24) is 4.90 Å². The number of hydrogen-bond donors (Lipinski definition) is 1. The van der Waals surface area contributed by atoms with Gasteiger partial charge in [-0.3, -0.25) is 4.79 Å². The number of amides is 1. The zero-order chi connectivity index (χ0) is 17.1. The van der Waals surface area contributed by atoms with E-state index in [1.165, 1.54) is 0 Å². The average molecular weight is 323 g/mol. The molecule has 1 aliphatic heterocycles. The number of carbonyl (C=O) groups is 2. The van der Waals surface area contributed by atoms with E-state index in [1.54, 1.807) is 12.1 Å². The highest BCUT2D eigenvalue weighted by atomic mass is 16.4. The van der Waals surface area contributed by atoms with E-state index in [0.717, 1.165) is 36.1 Å². The summed E-state index contributed by atoms with van der Waals surface area (Å²) in [5, 5.41) is 8.98. The minimum atomic E-state index is -0.916. The molecule has 2 aromatic carbocycles. The number of carboxylic acid groups (broad SMARTS) is 1. The Bertz CT molecular complexity index is 752. The van der Waals surface area contributed by atoms with Gasteiger partial charge in [-0.15, -0.1) is 0 Å². The van der Waals surface area contributed by atoms with Crippen molar-refractivity contribution in [2.24, 2.45) is 0 Å². The summed E-state index contributed by atoms with van der Waals surface area (Å²) in [5.74, 6) is -0.552. The van der Waals surface area contributed by atoms with Crippen molar-refractivity contribution in [3.63, 3.8) is 0 Å². The number of likely N-dealkylation sites (tertiary alicyclic amines) is 1. The Labute approximate surface area is 141 Å². The molecule has 0 unspecified atom stereocenters. The van der Waals surface area contributed by atoms with Crippen LogP contribution in [0.3, 0.4) is 0 Å². The molecule has 1 heterocycles. The number of rotatable bonds is 4. The van der Waals surface area contributed by atoms with Crippen LogP contribution in [-0.2, 0) is 6.42 Å². The van der Waals surface area contributed by atoms with Crippen molar-refractivity contribution in [2.45, 2.75) is 25.7 Å². The molecule has 1 amide bonds. The van der Waals surface area contributed by atoms with Gasteiger partial charge < -0.3 is 10.0 Å². The van der Waals surface area contributed by atoms with Gasteiger partial charge in [0.1, 0.15) is 0 Å². The molecule has 4 heteroatoms. The first-order valence-electron chi connectivity index (χ1n) is 8.30. The second-order valence-corrected chi connectivity index (χ2v) is 6.17. The van der Waals surface area contributed by atoms with Crippen LogP contribution in [0.5, 0.6) is 0 Å². The number of hydrogen-bond acceptors (Lipinski definition) is 2. The first kappa shape index (κ1) is 16.2.